The first-order chi connectivity index (χ1) is 5.57. The molecule has 0 aromatic heterocycles. The van der Waals surface area contributed by atoms with Crippen LogP contribution in [0.15, 0.2) is 0 Å². The van der Waals surface area contributed by atoms with Crippen molar-refractivity contribution in [1.29, 1.82) is 0 Å². The average molecular weight is 180 g/mol. The van der Waals surface area contributed by atoms with Crippen LogP contribution in [0.25, 0.3) is 0 Å². The normalized spacial score (nSPS) is 14.2. The van der Waals surface area contributed by atoms with Crippen LogP contribution in [0.3, 0.4) is 0 Å². The van der Waals surface area contributed by atoms with Crippen molar-refractivity contribution < 1.29 is 20.8 Å². The van der Waals surface area contributed by atoms with Crippen LogP contribution in [0, 0.1) is 0 Å². The third kappa shape index (κ3) is 5.42. The Morgan fingerprint density at radius 2 is 1.75 bits per heavy atom. The highest BCUT2D eigenvalue weighted by Gasteiger charge is 2.11. The monoisotopic (exact) mass is 180 g/mol. The Bertz CT molecular complexity index is 110. The zero-order valence-corrected chi connectivity index (χ0v) is 7.09. The van der Waals surface area contributed by atoms with Gasteiger partial charge in [-0.25, -0.2) is 0 Å². The molecule has 0 saturated carbocycles. The molecule has 74 valence electrons. The second-order valence-electron chi connectivity index (χ2n) is 2.62. The van der Waals surface area contributed by atoms with Crippen LogP contribution in [-0.2, 0) is 0 Å². The molecule has 0 aliphatic carbocycles. The Morgan fingerprint density at radius 1 is 1.17 bits per heavy atom. The van der Waals surface area contributed by atoms with Gasteiger partial charge in [0, 0.05) is 0 Å². The summed E-state index contributed by atoms with van der Waals surface area (Å²) in [6.07, 6.45) is 1.59. The fourth-order valence-electron chi connectivity index (χ4n) is 0.951. The van der Waals surface area contributed by atoms with Gasteiger partial charge in [-0.05, 0) is 19.3 Å². The highest BCUT2D eigenvalue weighted by Crippen LogP contribution is 2.06. The van der Waals surface area contributed by atoms with Crippen LogP contribution in [0.2, 0.25) is 0 Å². The van der Waals surface area contributed by atoms with Gasteiger partial charge in [0.2, 0.25) is 0 Å². The first-order valence-corrected chi connectivity index (χ1v) is 3.90. The van der Waals surface area contributed by atoms with Gasteiger partial charge in [-0.3, -0.25) is 20.8 Å². The molecule has 6 heteroatoms. The molecule has 0 fully saturated rings. The molecule has 12 heavy (non-hydrogen) atoms. The van der Waals surface area contributed by atoms with Gasteiger partial charge in [-0.15, -0.1) is 0 Å². The standard InChI is InChI=1S/C6H16N2O4/c1-2-6(8(11)12)4-3-5-7(9)10/h6,9-12H,2-5H2,1H3. The minimum absolute atomic E-state index is 0.0891. The van der Waals surface area contributed by atoms with Crippen molar-refractivity contribution >= 4 is 0 Å². The third-order valence-corrected chi connectivity index (χ3v) is 1.69. The van der Waals surface area contributed by atoms with Crippen LogP contribution < -0.4 is 0 Å². The maximum atomic E-state index is 8.63. The van der Waals surface area contributed by atoms with E-state index in [4.69, 9.17) is 20.8 Å². The highest BCUT2D eigenvalue weighted by molar-refractivity contribution is 4.58. The smallest absolute Gasteiger partial charge is 0.0621 e. The van der Waals surface area contributed by atoms with Crippen molar-refractivity contribution in [1.82, 2.24) is 10.5 Å². The van der Waals surface area contributed by atoms with Crippen LogP contribution >= 0.6 is 0 Å². The van der Waals surface area contributed by atoms with E-state index in [1.807, 2.05) is 6.92 Å². The van der Waals surface area contributed by atoms with Crippen molar-refractivity contribution in [3.05, 3.63) is 0 Å². The summed E-state index contributed by atoms with van der Waals surface area (Å²) in [7, 11) is 0. The van der Waals surface area contributed by atoms with E-state index < -0.39 is 0 Å². The largest absolute Gasteiger partial charge is 0.290 e. The second-order valence-corrected chi connectivity index (χ2v) is 2.62. The molecular weight excluding hydrogens is 164 g/mol. The van der Waals surface area contributed by atoms with Crippen LogP contribution in [0.5, 0.6) is 0 Å². The minimum atomic E-state index is -0.343. The number of hydrogen-bond acceptors (Lipinski definition) is 6. The van der Waals surface area contributed by atoms with E-state index in [9.17, 15) is 0 Å². The molecule has 4 N–H and O–H groups in total. The lowest BCUT2D eigenvalue weighted by Crippen LogP contribution is -2.29. The maximum absolute atomic E-state index is 8.63. The summed E-state index contributed by atoms with van der Waals surface area (Å²) in [5, 5.41) is 34.2. The number of nitrogens with zero attached hydrogens (tertiary/aromatic N) is 2. The van der Waals surface area contributed by atoms with Gasteiger partial charge in [-0.2, -0.15) is 0 Å². The van der Waals surface area contributed by atoms with E-state index in [2.05, 4.69) is 0 Å². The molecule has 1 unspecified atom stereocenters. The van der Waals surface area contributed by atoms with Crippen LogP contribution in [0.1, 0.15) is 26.2 Å². The summed E-state index contributed by atoms with van der Waals surface area (Å²) in [6, 6.07) is -0.343. The molecular formula is C6H16N2O4. The van der Waals surface area contributed by atoms with Crippen molar-refractivity contribution in [2.24, 2.45) is 0 Å². The molecule has 0 aliphatic rings. The van der Waals surface area contributed by atoms with Gasteiger partial charge in [0.1, 0.15) is 0 Å². The topological polar surface area (TPSA) is 87.4 Å². The molecule has 0 amide bonds. The Hall–Kier alpha value is -0.240. The van der Waals surface area contributed by atoms with E-state index in [-0.39, 0.29) is 23.0 Å². The SMILES string of the molecule is CCC(CCCN(O)O)N(O)O. The number of hydroxylamine groups is 4. The van der Waals surface area contributed by atoms with E-state index in [0.29, 0.717) is 19.3 Å². The Balaban J connectivity index is 3.45. The number of hydrogen-bond donors (Lipinski definition) is 4. The maximum Gasteiger partial charge on any atom is 0.0621 e. The second kappa shape index (κ2) is 6.30. The lowest BCUT2D eigenvalue weighted by molar-refractivity contribution is -0.335. The molecule has 0 rings (SSSR count). The van der Waals surface area contributed by atoms with Crippen molar-refractivity contribution in [3.8, 4) is 0 Å². The van der Waals surface area contributed by atoms with Crippen LogP contribution in [-0.4, -0.2) is 43.9 Å². The summed E-state index contributed by atoms with van der Waals surface area (Å²) >= 11 is 0. The van der Waals surface area contributed by atoms with E-state index in [1.165, 1.54) is 0 Å². The van der Waals surface area contributed by atoms with Gasteiger partial charge in [0.05, 0.1) is 12.6 Å². The zero-order chi connectivity index (χ0) is 9.56. The summed E-state index contributed by atoms with van der Waals surface area (Å²) in [6.45, 7) is 1.92. The Labute approximate surface area is 71.1 Å². The Kier molecular flexibility index (Phi) is 6.17. The van der Waals surface area contributed by atoms with Gasteiger partial charge in [0.25, 0.3) is 0 Å². The summed E-state index contributed by atoms with van der Waals surface area (Å²) in [5.41, 5.74) is 0. The highest BCUT2D eigenvalue weighted by atomic mass is 16.8. The van der Waals surface area contributed by atoms with Crippen LogP contribution in [0.4, 0.5) is 0 Å². The van der Waals surface area contributed by atoms with Crippen molar-refractivity contribution in [2.75, 3.05) is 6.54 Å². The van der Waals surface area contributed by atoms with E-state index in [1.54, 1.807) is 0 Å². The molecule has 0 heterocycles. The molecule has 0 spiro atoms. The third-order valence-electron chi connectivity index (χ3n) is 1.69. The molecule has 1 atom stereocenters. The van der Waals surface area contributed by atoms with E-state index in [0.717, 1.165) is 0 Å². The van der Waals surface area contributed by atoms with Gasteiger partial charge >= 0.3 is 0 Å². The first-order valence-electron chi connectivity index (χ1n) is 3.90. The van der Waals surface area contributed by atoms with Gasteiger partial charge in [-0.1, -0.05) is 17.4 Å². The molecule has 0 bridgehead atoms. The van der Waals surface area contributed by atoms with Crippen molar-refractivity contribution in [3.63, 3.8) is 0 Å². The minimum Gasteiger partial charge on any atom is -0.290 e. The van der Waals surface area contributed by atoms with E-state index >= 15 is 0 Å². The summed E-state index contributed by atoms with van der Waals surface area (Å²) in [5.74, 6) is 0. The molecule has 6 nitrogen and oxygen atoms in total. The fraction of sp³-hybridized carbons (Fsp3) is 1.00. The molecule has 0 saturated heterocycles. The summed E-state index contributed by atoms with van der Waals surface area (Å²) in [4.78, 5) is 0. The average Bonchev–Trinajstić information content (AvgIpc) is 1.96. The Morgan fingerprint density at radius 3 is 2.08 bits per heavy atom. The van der Waals surface area contributed by atoms with Crippen molar-refractivity contribution in [2.45, 2.75) is 32.2 Å². The molecule has 0 aromatic carbocycles. The molecule has 0 radical (unpaired) electrons. The number of rotatable bonds is 6. The lowest BCUT2D eigenvalue weighted by atomic mass is 10.1. The quantitative estimate of drug-likeness (QED) is 0.450. The lowest BCUT2D eigenvalue weighted by Gasteiger charge is -2.18. The predicted octanol–water partition coefficient (Wildman–Crippen LogP) is 0.706. The van der Waals surface area contributed by atoms with Gasteiger partial charge < -0.3 is 0 Å². The molecule has 0 aromatic rings. The van der Waals surface area contributed by atoms with Gasteiger partial charge in [0.15, 0.2) is 0 Å². The first kappa shape index (κ1) is 11.8. The fourth-order valence-corrected chi connectivity index (χ4v) is 0.951. The summed E-state index contributed by atoms with van der Waals surface area (Å²) < 4.78 is 0. The zero-order valence-electron chi connectivity index (χ0n) is 7.09. The predicted molar refractivity (Wildman–Crippen MR) is 39.0 cm³/mol. The molecule has 0 aliphatic heterocycles.